The van der Waals surface area contributed by atoms with E-state index in [-0.39, 0.29) is 0 Å². The molecule has 1 nitrogen and oxygen atoms in total. The van der Waals surface area contributed by atoms with E-state index >= 15 is 0 Å². The van der Waals surface area contributed by atoms with E-state index in [1.165, 1.54) is 11.1 Å². The lowest BCUT2D eigenvalue weighted by Crippen LogP contribution is -1.92. The van der Waals surface area contributed by atoms with Crippen LogP contribution < -0.4 is 0 Å². The first kappa shape index (κ1) is 17.3. The van der Waals surface area contributed by atoms with Crippen LogP contribution in [0.25, 0.3) is 0 Å². The maximum Gasteiger partial charge on any atom is 0.0404 e. The van der Waals surface area contributed by atoms with Crippen LogP contribution in [-0.4, -0.2) is 4.98 Å². The van der Waals surface area contributed by atoms with Crippen LogP contribution in [0.3, 0.4) is 0 Å². The average Bonchev–Trinajstić information content (AvgIpc) is 2.35. The molecule has 0 amide bonds. The third kappa shape index (κ3) is 7.22. The van der Waals surface area contributed by atoms with Gasteiger partial charge in [-0.3, -0.25) is 4.98 Å². The molecule has 0 aromatic carbocycles. The van der Waals surface area contributed by atoms with Gasteiger partial charge in [-0.15, -0.1) is 6.58 Å². The van der Waals surface area contributed by atoms with Crippen molar-refractivity contribution in [1.82, 2.24) is 4.98 Å². The van der Waals surface area contributed by atoms with E-state index < -0.39 is 0 Å². The number of hydrogen-bond donors (Lipinski definition) is 0. The molecule has 0 atom stereocenters. The Balaban J connectivity index is 0. The molecule has 0 radical (unpaired) electrons. The Bertz CT molecular complexity index is 277. The van der Waals surface area contributed by atoms with E-state index in [0.29, 0.717) is 0 Å². The predicted molar refractivity (Wildman–Crippen MR) is 74.9 cm³/mol. The van der Waals surface area contributed by atoms with Crippen molar-refractivity contribution < 1.29 is 0 Å². The van der Waals surface area contributed by atoms with Crippen LogP contribution in [0.15, 0.2) is 24.9 Å². The smallest absolute Gasteiger partial charge is 0.0404 e. The fourth-order valence-corrected chi connectivity index (χ4v) is 1.21. The van der Waals surface area contributed by atoms with Gasteiger partial charge < -0.3 is 0 Å². The van der Waals surface area contributed by atoms with Crippen molar-refractivity contribution in [3.8, 4) is 0 Å². The number of aromatic nitrogens is 1. The standard InChI is InChI=1S/C11H15N.2C2H6/c1-4-5-6-11-7-9(2)8-12-10(11)3;2*1-2/h4,7-8H,1,5-6H2,2-3H3;2*1-2H3. The lowest BCUT2D eigenvalue weighted by atomic mass is 10.1. The summed E-state index contributed by atoms with van der Waals surface area (Å²) in [6.45, 7) is 15.8. The molecule has 1 aromatic heterocycles. The number of aryl methyl sites for hydroxylation is 3. The largest absolute Gasteiger partial charge is 0.261 e. The molecule has 92 valence electrons. The van der Waals surface area contributed by atoms with Gasteiger partial charge in [0.05, 0.1) is 0 Å². The third-order valence-electron chi connectivity index (χ3n) is 1.95. The average molecular weight is 221 g/mol. The number of rotatable bonds is 3. The second-order valence-corrected chi connectivity index (χ2v) is 3.08. The topological polar surface area (TPSA) is 12.9 Å². The monoisotopic (exact) mass is 221 g/mol. The molecule has 1 heterocycles. The Morgan fingerprint density at radius 1 is 1.19 bits per heavy atom. The van der Waals surface area contributed by atoms with Gasteiger partial charge in [0, 0.05) is 11.9 Å². The van der Waals surface area contributed by atoms with E-state index in [2.05, 4.69) is 31.5 Å². The fourth-order valence-electron chi connectivity index (χ4n) is 1.21. The minimum atomic E-state index is 1.03. The van der Waals surface area contributed by atoms with E-state index in [9.17, 15) is 0 Å². The van der Waals surface area contributed by atoms with Crippen LogP contribution in [0.1, 0.15) is 50.9 Å². The summed E-state index contributed by atoms with van der Waals surface area (Å²) in [5, 5.41) is 0. The van der Waals surface area contributed by atoms with Crippen molar-refractivity contribution in [3.63, 3.8) is 0 Å². The summed E-state index contributed by atoms with van der Waals surface area (Å²) in [7, 11) is 0. The molecule has 0 aliphatic rings. The summed E-state index contributed by atoms with van der Waals surface area (Å²) in [6.07, 6.45) is 5.95. The summed E-state index contributed by atoms with van der Waals surface area (Å²) in [5.74, 6) is 0. The van der Waals surface area contributed by atoms with Gasteiger partial charge in [-0.05, 0) is 37.8 Å². The molecule has 0 saturated carbocycles. The fraction of sp³-hybridized carbons (Fsp3) is 0.533. The zero-order valence-electron chi connectivity index (χ0n) is 11.8. The van der Waals surface area contributed by atoms with Gasteiger partial charge in [0.1, 0.15) is 0 Å². The Morgan fingerprint density at radius 2 is 1.75 bits per heavy atom. The molecular weight excluding hydrogens is 194 g/mol. The first-order chi connectivity index (χ1) is 7.74. The van der Waals surface area contributed by atoms with Crippen molar-refractivity contribution in [1.29, 1.82) is 0 Å². The van der Waals surface area contributed by atoms with E-state index in [0.717, 1.165) is 18.5 Å². The summed E-state index contributed by atoms with van der Waals surface area (Å²) >= 11 is 0. The highest BCUT2D eigenvalue weighted by Crippen LogP contribution is 2.09. The Kier molecular flexibility index (Phi) is 12.9. The van der Waals surface area contributed by atoms with Crippen molar-refractivity contribution in [2.75, 3.05) is 0 Å². The van der Waals surface area contributed by atoms with Crippen molar-refractivity contribution in [3.05, 3.63) is 41.7 Å². The zero-order chi connectivity index (χ0) is 13.0. The molecule has 1 heteroatoms. The number of allylic oxidation sites excluding steroid dienone is 1. The first-order valence-corrected chi connectivity index (χ1v) is 6.27. The lowest BCUT2D eigenvalue weighted by Gasteiger charge is -2.03. The van der Waals surface area contributed by atoms with Gasteiger partial charge in [0.15, 0.2) is 0 Å². The van der Waals surface area contributed by atoms with Crippen LogP contribution in [0, 0.1) is 13.8 Å². The van der Waals surface area contributed by atoms with Gasteiger partial charge in [-0.25, -0.2) is 0 Å². The van der Waals surface area contributed by atoms with Gasteiger partial charge in [0.2, 0.25) is 0 Å². The first-order valence-electron chi connectivity index (χ1n) is 6.27. The van der Waals surface area contributed by atoms with Crippen LogP contribution in [0.5, 0.6) is 0 Å². The second kappa shape index (κ2) is 12.0. The molecule has 0 N–H and O–H groups in total. The molecule has 0 fully saturated rings. The maximum absolute atomic E-state index is 4.30. The van der Waals surface area contributed by atoms with Crippen LogP contribution >= 0.6 is 0 Å². The minimum absolute atomic E-state index is 1.03. The Morgan fingerprint density at radius 3 is 2.25 bits per heavy atom. The molecule has 0 aliphatic carbocycles. The summed E-state index contributed by atoms with van der Waals surface area (Å²) in [4.78, 5) is 4.30. The summed E-state index contributed by atoms with van der Waals surface area (Å²) < 4.78 is 0. The van der Waals surface area contributed by atoms with Crippen molar-refractivity contribution >= 4 is 0 Å². The van der Waals surface area contributed by atoms with E-state index in [1.54, 1.807) is 0 Å². The summed E-state index contributed by atoms with van der Waals surface area (Å²) in [5.41, 5.74) is 3.72. The molecular formula is C15H27N. The highest BCUT2D eigenvalue weighted by molar-refractivity contribution is 5.23. The highest BCUT2D eigenvalue weighted by Gasteiger charge is 1.97. The third-order valence-corrected chi connectivity index (χ3v) is 1.95. The second-order valence-electron chi connectivity index (χ2n) is 3.08. The van der Waals surface area contributed by atoms with E-state index in [1.807, 2.05) is 40.0 Å². The van der Waals surface area contributed by atoms with E-state index in [4.69, 9.17) is 0 Å². The minimum Gasteiger partial charge on any atom is -0.261 e. The van der Waals surface area contributed by atoms with Gasteiger partial charge in [-0.1, -0.05) is 39.8 Å². The molecule has 0 spiro atoms. The van der Waals surface area contributed by atoms with Gasteiger partial charge in [-0.2, -0.15) is 0 Å². The quantitative estimate of drug-likeness (QED) is 0.664. The maximum atomic E-state index is 4.30. The SMILES string of the molecule is C=CCCc1cc(C)cnc1C.CC.CC. The molecule has 0 bridgehead atoms. The molecule has 1 rings (SSSR count). The zero-order valence-corrected chi connectivity index (χ0v) is 11.8. The Hall–Kier alpha value is -1.11. The molecule has 0 aliphatic heterocycles. The predicted octanol–water partition coefficient (Wildman–Crippen LogP) is 4.87. The molecule has 16 heavy (non-hydrogen) atoms. The van der Waals surface area contributed by atoms with Crippen LogP contribution in [0.4, 0.5) is 0 Å². The Labute approximate surface area is 102 Å². The normalized spacial score (nSPS) is 8.12. The number of hydrogen-bond acceptors (Lipinski definition) is 1. The summed E-state index contributed by atoms with van der Waals surface area (Å²) in [6, 6.07) is 2.20. The highest BCUT2D eigenvalue weighted by atomic mass is 14.7. The van der Waals surface area contributed by atoms with Crippen molar-refractivity contribution in [2.45, 2.75) is 54.4 Å². The van der Waals surface area contributed by atoms with Crippen LogP contribution in [0.2, 0.25) is 0 Å². The molecule has 1 aromatic rings. The van der Waals surface area contributed by atoms with Crippen LogP contribution in [-0.2, 0) is 6.42 Å². The van der Waals surface area contributed by atoms with Gasteiger partial charge in [0.25, 0.3) is 0 Å². The molecule has 0 unspecified atom stereocenters. The van der Waals surface area contributed by atoms with Gasteiger partial charge >= 0.3 is 0 Å². The number of nitrogens with zero attached hydrogens (tertiary/aromatic N) is 1. The number of pyridine rings is 1. The van der Waals surface area contributed by atoms with Crippen molar-refractivity contribution in [2.24, 2.45) is 0 Å². The molecule has 0 saturated heterocycles. The lowest BCUT2D eigenvalue weighted by molar-refractivity contribution is 0.957.